The summed E-state index contributed by atoms with van der Waals surface area (Å²) in [4.78, 5) is 0.212. The molecule has 0 saturated carbocycles. The summed E-state index contributed by atoms with van der Waals surface area (Å²) in [5, 5.41) is 0. The molecule has 0 fully saturated rings. The van der Waals surface area contributed by atoms with E-state index in [1.165, 1.54) is 38.4 Å². The Morgan fingerprint density at radius 1 is 0.640 bits per heavy atom. The van der Waals surface area contributed by atoms with Crippen molar-refractivity contribution in [1.29, 1.82) is 0 Å². The van der Waals surface area contributed by atoms with Gasteiger partial charge in [0.2, 0.25) is 0 Å². The van der Waals surface area contributed by atoms with E-state index in [9.17, 15) is 16.8 Å². The Kier molecular flexibility index (Phi) is 5.95. The monoisotopic (exact) mass is 400 g/mol. The minimum atomic E-state index is -3.81. The van der Waals surface area contributed by atoms with E-state index in [-0.39, 0.29) is 9.79 Å². The van der Waals surface area contributed by atoms with Crippen LogP contribution in [0.3, 0.4) is 0 Å². The lowest BCUT2D eigenvalue weighted by atomic mass is 10.2. The van der Waals surface area contributed by atoms with Crippen LogP contribution < -0.4 is 0 Å². The number of rotatable bonds is 6. The van der Waals surface area contributed by atoms with Crippen LogP contribution in [0.25, 0.3) is 0 Å². The Labute approximate surface area is 153 Å². The van der Waals surface area contributed by atoms with Gasteiger partial charge in [-0.15, -0.1) is 7.42 Å². The molecule has 2 rings (SSSR count). The summed E-state index contributed by atoms with van der Waals surface area (Å²) >= 11 is 0.602. The fourth-order valence-corrected chi connectivity index (χ4v) is 5.79. The maximum Gasteiger partial charge on any atom is 0.253 e. The maximum absolute atomic E-state index is 12.6. The summed E-state index contributed by atoms with van der Waals surface area (Å²) in [6, 6.07) is 12.8. The molecule has 136 valence electrons. The van der Waals surface area contributed by atoms with Crippen LogP contribution >= 0.6 is 12.1 Å². The fraction of sp³-hybridized carbons (Fsp3) is 0.250. The lowest BCUT2D eigenvalue weighted by Gasteiger charge is -2.22. The summed E-state index contributed by atoms with van der Waals surface area (Å²) in [5.74, 6) is 0. The molecule has 9 heteroatoms. The molecule has 0 aliphatic rings. The third kappa shape index (κ3) is 4.42. The molecule has 0 spiro atoms. The summed E-state index contributed by atoms with van der Waals surface area (Å²) in [5.41, 5.74) is 1.88. The van der Waals surface area contributed by atoms with Crippen molar-refractivity contribution in [3.63, 3.8) is 0 Å². The highest BCUT2D eigenvalue weighted by Crippen LogP contribution is 2.28. The second-order valence-corrected chi connectivity index (χ2v) is 11.2. The zero-order valence-corrected chi connectivity index (χ0v) is 16.8. The summed E-state index contributed by atoms with van der Waals surface area (Å²) in [7, 11) is -4.98. The van der Waals surface area contributed by atoms with Crippen LogP contribution in [0.5, 0.6) is 0 Å². The molecule has 2 aromatic carbocycles. The van der Waals surface area contributed by atoms with Gasteiger partial charge in [0.15, 0.2) is 0 Å². The van der Waals surface area contributed by atoms with E-state index in [1.807, 2.05) is 13.8 Å². The Morgan fingerprint density at radius 3 is 1.20 bits per heavy atom. The van der Waals surface area contributed by atoms with E-state index in [1.54, 1.807) is 24.3 Å². The molecular weight excluding hydrogens is 380 g/mol. The van der Waals surface area contributed by atoms with Crippen LogP contribution in [0.4, 0.5) is 0 Å². The molecule has 0 atom stereocenters. The predicted octanol–water partition coefficient (Wildman–Crippen LogP) is 2.81. The highest BCUT2D eigenvalue weighted by Gasteiger charge is 2.28. The van der Waals surface area contributed by atoms with E-state index in [2.05, 4.69) is 0 Å². The number of sulfonamides is 2. The molecule has 0 radical (unpaired) electrons. The summed E-state index contributed by atoms with van der Waals surface area (Å²) < 4.78 is 52.2. The second kappa shape index (κ2) is 7.46. The van der Waals surface area contributed by atoms with Gasteiger partial charge >= 0.3 is 0 Å². The molecule has 6 nitrogen and oxygen atoms in total. The van der Waals surface area contributed by atoms with Crippen molar-refractivity contribution in [2.75, 3.05) is 14.1 Å². The van der Waals surface area contributed by atoms with E-state index in [0.717, 1.165) is 18.5 Å². The molecule has 0 aliphatic carbocycles. The van der Waals surface area contributed by atoms with Gasteiger partial charge in [0.05, 0.1) is 9.79 Å². The number of aryl methyl sites for hydroxylation is 2. The van der Waals surface area contributed by atoms with Gasteiger partial charge in [-0.1, -0.05) is 35.4 Å². The van der Waals surface area contributed by atoms with Gasteiger partial charge in [0.25, 0.3) is 20.0 Å². The van der Waals surface area contributed by atoms with Gasteiger partial charge in [-0.3, -0.25) is 0 Å². The van der Waals surface area contributed by atoms with Crippen molar-refractivity contribution >= 4 is 32.2 Å². The van der Waals surface area contributed by atoms with E-state index >= 15 is 0 Å². The minimum absolute atomic E-state index is 0.106. The normalized spacial score (nSPS) is 12.7. The molecule has 25 heavy (non-hydrogen) atoms. The first-order chi connectivity index (χ1) is 11.5. The van der Waals surface area contributed by atoms with Crippen LogP contribution in [0.2, 0.25) is 0 Å². The van der Waals surface area contributed by atoms with Crippen molar-refractivity contribution in [3.05, 3.63) is 59.7 Å². The molecular formula is C16H20N2O4S3. The molecule has 2 aromatic rings. The van der Waals surface area contributed by atoms with Gasteiger partial charge in [0, 0.05) is 26.2 Å². The van der Waals surface area contributed by atoms with Crippen LogP contribution in [0.15, 0.2) is 58.3 Å². The van der Waals surface area contributed by atoms with Crippen LogP contribution in [0.1, 0.15) is 11.1 Å². The number of hydrogen-bond donors (Lipinski definition) is 0. The average molecular weight is 401 g/mol. The zero-order valence-electron chi connectivity index (χ0n) is 14.4. The molecule has 0 heterocycles. The van der Waals surface area contributed by atoms with Crippen molar-refractivity contribution in [3.8, 4) is 0 Å². The van der Waals surface area contributed by atoms with Gasteiger partial charge in [0.1, 0.15) is 0 Å². The topological polar surface area (TPSA) is 74.8 Å². The molecule has 0 saturated heterocycles. The standard InChI is InChI=1S/C16H20N2O4S3/c1-13-5-9-15(10-6-13)24(19,20)17(3)23-18(4)25(21,22)16-11-7-14(2)8-12-16/h5-12H,1-4H3. The highest BCUT2D eigenvalue weighted by atomic mass is 32.3. The smallest absolute Gasteiger partial charge is 0.206 e. The molecule has 0 bridgehead atoms. The van der Waals surface area contributed by atoms with Crippen LogP contribution in [-0.2, 0) is 20.0 Å². The van der Waals surface area contributed by atoms with Crippen LogP contribution in [0, 0.1) is 13.8 Å². The lowest BCUT2D eigenvalue weighted by Crippen LogP contribution is -2.29. The lowest BCUT2D eigenvalue weighted by molar-refractivity contribution is 0.552. The molecule has 0 unspecified atom stereocenters. The first-order valence-corrected chi connectivity index (χ1v) is 11.0. The zero-order chi connectivity index (χ0) is 18.8. The molecule has 0 aliphatic heterocycles. The van der Waals surface area contributed by atoms with Crippen LogP contribution in [-0.4, -0.2) is 38.4 Å². The van der Waals surface area contributed by atoms with Crippen molar-refractivity contribution in [2.45, 2.75) is 23.6 Å². The first kappa shape index (κ1) is 19.9. The quantitative estimate of drug-likeness (QED) is 0.697. The van der Waals surface area contributed by atoms with Gasteiger partial charge in [-0.2, -0.15) is 0 Å². The molecule has 0 aromatic heterocycles. The Bertz CT molecular complexity index is 858. The number of hydrogen-bond acceptors (Lipinski definition) is 5. The maximum atomic E-state index is 12.6. The number of nitrogens with zero attached hydrogens (tertiary/aromatic N) is 2. The van der Waals surface area contributed by atoms with Gasteiger partial charge in [-0.05, 0) is 38.1 Å². The first-order valence-electron chi connectivity index (χ1n) is 7.34. The summed E-state index contributed by atoms with van der Waals surface area (Å²) in [6.07, 6.45) is 0. The largest absolute Gasteiger partial charge is 0.253 e. The Morgan fingerprint density at radius 2 is 0.920 bits per heavy atom. The van der Waals surface area contributed by atoms with Gasteiger partial charge in [-0.25, -0.2) is 16.8 Å². The van der Waals surface area contributed by atoms with Crippen molar-refractivity contribution in [1.82, 2.24) is 7.42 Å². The van der Waals surface area contributed by atoms with E-state index in [0.29, 0.717) is 12.1 Å². The fourth-order valence-electron chi connectivity index (χ4n) is 1.97. The highest BCUT2D eigenvalue weighted by molar-refractivity contribution is 8.13. The average Bonchev–Trinajstić information content (AvgIpc) is 2.55. The SMILES string of the molecule is Cc1ccc(S(=O)(=O)N(C)SN(C)S(=O)(=O)c2ccc(C)cc2)cc1. The molecule has 0 amide bonds. The molecule has 0 N–H and O–H groups in total. The van der Waals surface area contributed by atoms with Gasteiger partial charge < -0.3 is 0 Å². The number of benzene rings is 2. The third-order valence-electron chi connectivity index (χ3n) is 3.54. The van der Waals surface area contributed by atoms with Crippen molar-refractivity contribution < 1.29 is 16.8 Å². The third-order valence-corrected chi connectivity index (χ3v) is 8.67. The van der Waals surface area contributed by atoms with E-state index < -0.39 is 20.0 Å². The predicted molar refractivity (Wildman–Crippen MR) is 99.8 cm³/mol. The van der Waals surface area contributed by atoms with E-state index in [4.69, 9.17) is 0 Å². The van der Waals surface area contributed by atoms with Crippen molar-refractivity contribution in [2.24, 2.45) is 0 Å². The summed E-state index contributed by atoms with van der Waals surface area (Å²) in [6.45, 7) is 3.72. The minimum Gasteiger partial charge on any atom is -0.206 e. The Balaban J connectivity index is 2.22. The Hall–Kier alpha value is -1.39. The second-order valence-electron chi connectivity index (χ2n) is 5.54.